The SMILES string of the molecule is CCCCCCCC/C=C\CCCCCCCCCC(=O)OCCCC/C=C\CCCCCCCC(=O)NC(CO)C(O)/C=C/CCCCCCCCCCCCCC. The van der Waals surface area contributed by atoms with Crippen LogP contribution in [0.15, 0.2) is 36.5 Å². The molecule has 2 unspecified atom stereocenters. The molecule has 0 saturated carbocycles. The molecule has 0 aliphatic rings. The van der Waals surface area contributed by atoms with E-state index in [0.29, 0.717) is 19.4 Å². The van der Waals surface area contributed by atoms with Gasteiger partial charge in [0.15, 0.2) is 0 Å². The van der Waals surface area contributed by atoms with Crippen LogP contribution in [-0.4, -0.2) is 47.4 Å². The number of ether oxygens (including phenoxy) is 1. The van der Waals surface area contributed by atoms with Crippen molar-refractivity contribution in [2.75, 3.05) is 13.2 Å². The first-order valence-corrected chi connectivity index (χ1v) is 25.8. The zero-order valence-electron chi connectivity index (χ0n) is 39.2. The largest absolute Gasteiger partial charge is 0.466 e. The summed E-state index contributed by atoms with van der Waals surface area (Å²) in [6, 6.07) is -0.649. The van der Waals surface area contributed by atoms with E-state index in [2.05, 4.69) is 43.5 Å². The molecule has 0 aromatic heterocycles. The van der Waals surface area contributed by atoms with E-state index < -0.39 is 12.1 Å². The zero-order chi connectivity index (χ0) is 43.0. The van der Waals surface area contributed by atoms with E-state index >= 15 is 0 Å². The molecule has 0 spiro atoms. The molecule has 0 rings (SSSR count). The Bertz CT molecular complexity index is 962. The van der Waals surface area contributed by atoms with E-state index in [9.17, 15) is 19.8 Å². The molecule has 1 amide bonds. The minimum absolute atomic E-state index is 0.0370. The molecule has 6 nitrogen and oxygen atoms in total. The van der Waals surface area contributed by atoms with Gasteiger partial charge in [0, 0.05) is 12.8 Å². The Kier molecular flexibility index (Phi) is 47.2. The van der Waals surface area contributed by atoms with E-state index in [0.717, 1.165) is 83.5 Å². The molecule has 0 fully saturated rings. The lowest BCUT2D eigenvalue weighted by molar-refractivity contribution is -0.143. The highest BCUT2D eigenvalue weighted by Gasteiger charge is 2.18. The van der Waals surface area contributed by atoms with E-state index in [1.807, 2.05) is 6.08 Å². The van der Waals surface area contributed by atoms with E-state index in [1.165, 1.54) is 154 Å². The molecule has 0 aromatic carbocycles. The van der Waals surface area contributed by atoms with Crippen LogP contribution in [0.3, 0.4) is 0 Å². The van der Waals surface area contributed by atoms with Gasteiger partial charge in [0.1, 0.15) is 0 Å². The Morgan fingerprint density at radius 1 is 0.458 bits per heavy atom. The summed E-state index contributed by atoms with van der Waals surface area (Å²) in [6.07, 6.45) is 58.6. The van der Waals surface area contributed by atoms with Crippen molar-refractivity contribution in [3.63, 3.8) is 0 Å². The molecule has 0 aliphatic heterocycles. The highest BCUT2D eigenvalue weighted by Crippen LogP contribution is 2.15. The fraction of sp³-hybridized carbons (Fsp3) is 0.849. The van der Waals surface area contributed by atoms with Crippen LogP contribution >= 0.6 is 0 Å². The summed E-state index contributed by atoms with van der Waals surface area (Å²) >= 11 is 0. The Balaban J connectivity index is 3.54. The second-order valence-corrected chi connectivity index (χ2v) is 17.5. The molecule has 2 atom stereocenters. The Morgan fingerprint density at radius 3 is 1.20 bits per heavy atom. The Labute approximate surface area is 366 Å². The van der Waals surface area contributed by atoms with Gasteiger partial charge in [-0.1, -0.05) is 204 Å². The van der Waals surface area contributed by atoms with Crippen LogP contribution in [0.5, 0.6) is 0 Å². The minimum atomic E-state index is -0.862. The van der Waals surface area contributed by atoms with Crippen molar-refractivity contribution in [3.8, 4) is 0 Å². The highest BCUT2D eigenvalue weighted by molar-refractivity contribution is 5.76. The van der Waals surface area contributed by atoms with Gasteiger partial charge in [0.05, 0.1) is 25.4 Å². The Hall–Kier alpha value is -1.92. The van der Waals surface area contributed by atoms with Gasteiger partial charge in [-0.05, 0) is 83.5 Å². The number of aliphatic hydroxyl groups excluding tert-OH is 2. The third-order valence-electron chi connectivity index (χ3n) is 11.6. The second-order valence-electron chi connectivity index (χ2n) is 17.5. The van der Waals surface area contributed by atoms with Gasteiger partial charge in [-0.3, -0.25) is 9.59 Å². The van der Waals surface area contributed by atoms with Gasteiger partial charge in [-0.15, -0.1) is 0 Å². The lowest BCUT2D eigenvalue weighted by atomic mass is 10.0. The number of rotatable bonds is 47. The summed E-state index contributed by atoms with van der Waals surface area (Å²) in [5, 5.41) is 23.0. The number of hydrogen-bond donors (Lipinski definition) is 3. The Morgan fingerprint density at radius 2 is 0.797 bits per heavy atom. The molecular formula is C53H99NO5. The summed E-state index contributed by atoms with van der Waals surface area (Å²) < 4.78 is 5.44. The van der Waals surface area contributed by atoms with Crippen LogP contribution in [-0.2, 0) is 14.3 Å². The number of carbonyl (C=O) groups excluding carboxylic acids is 2. The maximum Gasteiger partial charge on any atom is 0.305 e. The van der Waals surface area contributed by atoms with Gasteiger partial charge in [0.2, 0.25) is 5.91 Å². The average Bonchev–Trinajstić information content (AvgIpc) is 3.24. The van der Waals surface area contributed by atoms with Crippen molar-refractivity contribution in [1.82, 2.24) is 5.32 Å². The van der Waals surface area contributed by atoms with Crippen LogP contribution < -0.4 is 5.32 Å². The molecule has 0 bridgehead atoms. The molecule has 0 radical (unpaired) electrons. The molecule has 3 N–H and O–H groups in total. The summed E-state index contributed by atoms with van der Waals surface area (Å²) in [5.41, 5.74) is 0. The number of hydrogen-bond acceptors (Lipinski definition) is 5. The number of amides is 1. The van der Waals surface area contributed by atoms with Crippen LogP contribution in [0.2, 0.25) is 0 Å². The number of carbonyl (C=O) groups is 2. The molecule has 6 heteroatoms. The van der Waals surface area contributed by atoms with Crippen LogP contribution in [0.4, 0.5) is 0 Å². The standard InChI is InChI=1S/C53H99NO5/c1-3-5-7-9-11-13-15-17-19-20-21-23-27-31-35-39-43-47-53(58)59-48-44-40-36-32-28-24-26-30-34-38-42-46-52(57)54-50(49-55)51(56)45-41-37-33-29-25-22-18-16-14-12-10-8-6-4-2/h17,19,28,32,41,45,50-51,55-56H,3-16,18,20-27,29-31,33-40,42-44,46-49H2,1-2H3,(H,54,57)/b19-17-,32-28-,45-41+. The van der Waals surface area contributed by atoms with E-state index in [4.69, 9.17) is 4.74 Å². The first-order valence-electron chi connectivity index (χ1n) is 25.8. The first-order chi connectivity index (χ1) is 29.0. The monoisotopic (exact) mass is 830 g/mol. The van der Waals surface area contributed by atoms with Gasteiger partial charge in [-0.2, -0.15) is 0 Å². The quantitative estimate of drug-likeness (QED) is 0.0323. The molecule has 0 heterocycles. The normalized spacial score (nSPS) is 12.9. The third kappa shape index (κ3) is 45.4. The number of esters is 1. The summed E-state index contributed by atoms with van der Waals surface area (Å²) in [6.45, 7) is 4.81. The van der Waals surface area contributed by atoms with Crippen molar-refractivity contribution in [1.29, 1.82) is 0 Å². The van der Waals surface area contributed by atoms with Crippen molar-refractivity contribution in [3.05, 3.63) is 36.5 Å². The summed E-state index contributed by atoms with van der Waals surface area (Å²) in [5.74, 6) is -0.135. The molecule has 59 heavy (non-hydrogen) atoms. The van der Waals surface area contributed by atoms with Crippen molar-refractivity contribution in [2.24, 2.45) is 0 Å². The minimum Gasteiger partial charge on any atom is -0.466 e. The van der Waals surface area contributed by atoms with Crippen molar-refractivity contribution >= 4 is 11.9 Å². The number of aliphatic hydroxyl groups is 2. The molecular weight excluding hydrogens is 731 g/mol. The lowest BCUT2D eigenvalue weighted by Gasteiger charge is -2.20. The predicted octanol–water partition coefficient (Wildman–Crippen LogP) is 15.3. The highest BCUT2D eigenvalue weighted by atomic mass is 16.5. The topological polar surface area (TPSA) is 95.9 Å². The smallest absolute Gasteiger partial charge is 0.305 e. The summed E-state index contributed by atoms with van der Waals surface area (Å²) in [4.78, 5) is 24.4. The maximum absolute atomic E-state index is 12.4. The third-order valence-corrected chi connectivity index (χ3v) is 11.6. The second kappa shape index (κ2) is 48.7. The maximum atomic E-state index is 12.4. The fourth-order valence-corrected chi connectivity index (χ4v) is 7.62. The van der Waals surface area contributed by atoms with E-state index in [-0.39, 0.29) is 18.5 Å². The lowest BCUT2D eigenvalue weighted by Crippen LogP contribution is -2.45. The predicted molar refractivity (Wildman–Crippen MR) is 255 cm³/mol. The van der Waals surface area contributed by atoms with Crippen molar-refractivity contribution < 1.29 is 24.5 Å². The molecule has 0 aromatic rings. The van der Waals surface area contributed by atoms with Crippen molar-refractivity contribution in [2.45, 2.75) is 276 Å². The van der Waals surface area contributed by atoms with Gasteiger partial charge in [-0.25, -0.2) is 0 Å². The molecule has 0 aliphatic carbocycles. The van der Waals surface area contributed by atoms with Gasteiger partial charge < -0.3 is 20.3 Å². The van der Waals surface area contributed by atoms with Crippen LogP contribution in [0.1, 0.15) is 264 Å². The molecule has 346 valence electrons. The zero-order valence-corrected chi connectivity index (χ0v) is 39.2. The van der Waals surface area contributed by atoms with E-state index in [1.54, 1.807) is 6.08 Å². The number of allylic oxidation sites excluding steroid dienone is 5. The van der Waals surface area contributed by atoms with Gasteiger partial charge >= 0.3 is 5.97 Å². The number of unbranched alkanes of at least 4 members (excludes halogenated alkanes) is 32. The number of nitrogens with one attached hydrogen (secondary N) is 1. The van der Waals surface area contributed by atoms with Crippen LogP contribution in [0, 0.1) is 0 Å². The average molecular weight is 830 g/mol. The van der Waals surface area contributed by atoms with Gasteiger partial charge in [0.25, 0.3) is 0 Å². The molecule has 0 saturated heterocycles. The van der Waals surface area contributed by atoms with Crippen LogP contribution in [0.25, 0.3) is 0 Å². The fourth-order valence-electron chi connectivity index (χ4n) is 7.62. The summed E-state index contributed by atoms with van der Waals surface area (Å²) in [7, 11) is 0. The first kappa shape index (κ1) is 57.1.